The molecule has 0 bridgehead atoms. The van der Waals surface area contributed by atoms with Gasteiger partial charge in [0, 0.05) is 25.9 Å². The minimum Gasteiger partial charge on any atom is -0.486 e. The number of thiophene rings is 1. The first-order valence-corrected chi connectivity index (χ1v) is 10.9. The van der Waals surface area contributed by atoms with Gasteiger partial charge in [0.2, 0.25) is 0 Å². The van der Waals surface area contributed by atoms with Crippen molar-refractivity contribution in [1.29, 1.82) is 0 Å². The minimum atomic E-state index is -4.54. The van der Waals surface area contributed by atoms with Gasteiger partial charge in [0.15, 0.2) is 5.78 Å². The van der Waals surface area contributed by atoms with Gasteiger partial charge in [-0.25, -0.2) is 8.42 Å². The maximum absolute atomic E-state index is 13.0. The van der Waals surface area contributed by atoms with E-state index in [0.29, 0.717) is 0 Å². The van der Waals surface area contributed by atoms with Crippen LogP contribution in [0.4, 0.5) is 13.2 Å². The van der Waals surface area contributed by atoms with Crippen molar-refractivity contribution in [1.82, 2.24) is 4.31 Å². The molecule has 0 aliphatic carbocycles. The zero-order valence-corrected chi connectivity index (χ0v) is 16.2. The van der Waals surface area contributed by atoms with Crippen LogP contribution in [0.2, 0.25) is 0 Å². The fourth-order valence-corrected chi connectivity index (χ4v) is 6.21. The van der Waals surface area contributed by atoms with Crippen molar-refractivity contribution < 1.29 is 31.1 Å². The van der Waals surface area contributed by atoms with Crippen LogP contribution in [0.3, 0.4) is 0 Å². The van der Waals surface area contributed by atoms with Crippen LogP contribution in [0, 0.1) is 0 Å². The molecule has 2 aromatic rings. The molecule has 1 saturated heterocycles. The fraction of sp³-hybridized carbons (Fsp3) is 0.389. The van der Waals surface area contributed by atoms with Crippen LogP contribution in [-0.4, -0.2) is 37.2 Å². The number of sulfonamides is 1. The number of nitrogens with zero attached hydrogens (tertiary/aromatic N) is 1. The molecule has 1 spiro atoms. The highest BCUT2D eigenvalue weighted by atomic mass is 32.2. The van der Waals surface area contributed by atoms with Crippen LogP contribution < -0.4 is 4.74 Å². The number of ether oxygens (including phenoxy) is 1. The topological polar surface area (TPSA) is 63.7 Å². The van der Waals surface area contributed by atoms with Gasteiger partial charge >= 0.3 is 6.18 Å². The van der Waals surface area contributed by atoms with Crippen LogP contribution in [0.15, 0.2) is 39.9 Å². The Bertz CT molecular complexity index is 1010. The molecule has 1 aromatic carbocycles. The monoisotopic (exact) mass is 431 g/mol. The maximum atomic E-state index is 13.0. The predicted molar refractivity (Wildman–Crippen MR) is 96.1 cm³/mol. The minimum absolute atomic E-state index is 0.0260. The average Bonchev–Trinajstić information content (AvgIpc) is 3.16. The molecule has 28 heavy (non-hydrogen) atoms. The van der Waals surface area contributed by atoms with E-state index in [2.05, 4.69) is 0 Å². The first kappa shape index (κ1) is 19.4. The Hall–Kier alpha value is -1.91. The Kier molecular flexibility index (Phi) is 4.55. The van der Waals surface area contributed by atoms with Crippen molar-refractivity contribution in [3.8, 4) is 5.75 Å². The van der Waals surface area contributed by atoms with Gasteiger partial charge in [-0.05, 0) is 29.6 Å². The van der Waals surface area contributed by atoms with Crippen molar-refractivity contribution in [3.63, 3.8) is 0 Å². The Balaban J connectivity index is 1.56. The number of fused-ring (bicyclic) bond motifs is 1. The maximum Gasteiger partial charge on any atom is 0.416 e. The highest BCUT2D eigenvalue weighted by molar-refractivity contribution is 7.91. The number of carbonyl (C=O) groups is 1. The van der Waals surface area contributed by atoms with E-state index in [1.807, 2.05) is 0 Å². The molecule has 0 amide bonds. The summed E-state index contributed by atoms with van der Waals surface area (Å²) in [4.78, 5) is 12.5. The molecule has 10 heteroatoms. The number of Topliss-reactive ketones (excluding diaryl/α,β-unsaturated/α-hetero) is 1. The van der Waals surface area contributed by atoms with Gasteiger partial charge in [-0.3, -0.25) is 4.79 Å². The number of hydrogen-bond donors (Lipinski definition) is 0. The molecule has 1 aromatic heterocycles. The molecule has 0 unspecified atom stereocenters. The number of hydrogen-bond acceptors (Lipinski definition) is 5. The summed E-state index contributed by atoms with van der Waals surface area (Å²) in [6.07, 6.45) is -4.04. The summed E-state index contributed by atoms with van der Waals surface area (Å²) in [5.74, 6) is -0.370. The van der Waals surface area contributed by atoms with Crippen molar-refractivity contribution >= 4 is 27.1 Å². The highest BCUT2D eigenvalue weighted by Crippen LogP contribution is 2.42. The van der Waals surface area contributed by atoms with Gasteiger partial charge < -0.3 is 4.74 Å². The zero-order chi connectivity index (χ0) is 20.2. The number of ketones is 1. The summed E-state index contributed by atoms with van der Waals surface area (Å²) in [5.41, 5.74) is -1.73. The summed E-state index contributed by atoms with van der Waals surface area (Å²) in [7, 11) is -3.61. The van der Waals surface area contributed by atoms with Crippen LogP contribution in [-0.2, 0) is 16.2 Å². The van der Waals surface area contributed by atoms with E-state index >= 15 is 0 Å². The van der Waals surface area contributed by atoms with Gasteiger partial charge in [0.05, 0.1) is 17.5 Å². The SMILES string of the molecule is O=C1CC2(CCN(S(=O)(=O)c3cccs3)CC2)Oc2cc(C(F)(F)F)ccc21. The van der Waals surface area contributed by atoms with Crippen molar-refractivity contribution in [2.24, 2.45) is 0 Å². The lowest BCUT2D eigenvalue weighted by Gasteiger charge is -2.43. The van der Waals surface area contributed by atoms with E-state index in [9.17, 15) is 26.4 Å². The lowest BCUT2D eigenvalue weighted by molar-refractivity contribution is -0.137. The van der Waals surface area contributed by atoms with Crippen LogP contribution in [0.5, 0.6) is 5.75 Å². The van der Waals surface area contributed by atoms with Gasteiger partial charge in [-0.15, -0.1) is 11.3 Å². The Morgan fingerprint density at radius 3 is 2.46 bits per heavy atom. The Morgan fingerprint density at radius 2 is 1.86 bits per heavy atom. The summed E-state index contributed by atoms with van der Waals surface area (Å²) < 4.78 is 71.7. The summed E-state index contributed by atoms with van der Waals surface area (Å²) in [6.45, 7) is 0.281. The third-order valence-electron chi connectivity index (χ3n) is 5.14. The van der Waals surface area contributed by atoms with Crippen molar-refractivity contribution in [3.05, 3.63) is 46.8 Å². The van der Waals surface area contributed by atoms with E-state index in [-0.39, 0.29) is 53.7 Å². The third kappa shape index (κ3) is 3.33. The first-order chi connectivity index (χ1) is 13.1. The third-order valence-corrected chi connectivity index (χ3v) is 8.41. The molecule has 5 nitrogen and oxygen atoms in total. The number of halogens is 3. The quantitative estimate of drug-likeness (QED) is 0.722. The number of rotatable bonds is 2. The van der Waals surface area contributed by atoms with E-state index in [1.54, 1.807) is 11.4 Å². The molecule has 1 fully saturated rings. The molecule has 0 N–H and O–H groups in total. The summed E-state index contributed by atoms with van der Waals surface area (Å²) in [5, 5.41) is 1.68. The zero-order valence-electron chi connectivity index (χ0n) is 14.5. The molecule has 0 atom stereocenters. The molecule has 150 valence electrons. The van der Waals surface area contributed by atoms with Crippen LogP contribution >= 0.6 is 11.3 Å². The number of benzene rings is 1. The molecule has 3 heterocycles. The van der Waals surface area contributed by atoms with Crippen molar-refractivity contribution in [2.75, 3.05) is 13.1 Å². The smallest absolute Gasteiger partial charge is 0.416 e. The van der Waals surface area contributed by atoms with E-state index in [4.69, 9.17) is 4.74 Å². The van der Waals surface area contributed by atoms with Crippen LogP contribution in [0.25, 0.3) is 0 Å². The van der Waals surface area contributed by atoms with Gasteiger partial charge in [-0.1, -0.05) is 6.07 Å². The van der Waals surface area contributed by atoms with Gasteiger partial charge in [-0.2, -0.15) is 17.5 Å². The Morgan fingerprint density at radius 1 is 1.14 bits per heavy atom. The van der Waals surface area contributed by atoms with E-state index in [0.717, 1.165) is 29.5 Å². The number of piperidine rings is 1. The highest BCUT2D eigenvalue weighted by Gasteiger charge is 2.45. The summed E-state index contributed by atoms with van der Waals surface area (Å²) >= 11 is 1.12. The second kappa shape index (κ2) is 6.57. The molecule has 0 radical (unpaired) electrons. The van der Waals surface area contributed by atoms with E-state index in [1.165, 1.54) is 10.4 Å². The Labute approximate surface area is 163 Å². The molecule has 2 aliphatic heterocycles. The normalized spacial score (nSPS) is 20.0. The van der Waals surface area contributed by atoms with Gasteiger partial charge in [0.1, 0.15) is 15.6 Å². The largest absolute Gasteiger partial charge is 0.486 e. The molecule has 0 saturated carbocycles. The fourth-order valence-electron chi connectivity index (χ4n) is 3.62. The lowest BCUT2D eigenvalue weighted by Crippen LogP contribution is -2.52. The average molecular weight is 431 g/mol. The van der Waals surface area contributed by atoms with Crippen LogP contribution in [0.1, 0.15) is 35.2 Å². The van der Waals surface area contributed by atoms with Crippen molar-refractivity contribution in [2.45, 2.75) is 35.2 Å². The summed E-state index contributed by atoms with van der Waals surface area (Å²) in [6, 6.07) is 6.04. The number of alkyl halides is 3. The molecular weight excluding hydrogens is 415 g/mol. The van der Waals surface area contributed by atoms with Gasteiger partial charge in [0.25, 0.3) is 10.0 Å². The number of carbonyl (C=O) groups excluding carboxylic acids is 1. The second-order valence-corrected chi connectivity index (χ2v) is 10.0. The van der Waals surface area contributed by atoms with E-state index < -0.39 is 27.4 Å². The molecular formula is C18H16F3NO4S2. The lowest BCUT2D eigenvalue weighted by atomic mass is 9.83. The standard InChI is InChI=1S/C18H16F3NO4S2/c19-18(20,21)12-3-4-13-14(23)11-17(26-15(13)10-12)5-7-22(8-6-17)28(24,25)16-2-1-9-27-16/h1-4,9-10H,5-8,11H2. The predicted octanol–water partition coefficient (Wildman–Crippen LogP) is 3.96. The first-order valence-electron chi connectivity index (χ1n) is 8.58. The second-order valence-electron chi connectivity index (χ2n) is 6.93. The molecule has 4 rings (SSSR count). The molecule has 2 aliphatic rings.